The number of hydrogen-bond acceptors (Lipinski definition) is 3. The molecule has 1 aromatic rings. The third-order valence-electron chi connectivity index (χ3n) is 3.61. The summed E-state index contributed by atoms with van der Waals surface area (Å²) < 4.78 is 5.42. The van der Waals surface area contributed by atoms with Gasteiger partial charge < -0.3 is 20.9 Å². The van der Waals surface area contributed by atoms with Crippen molar-refractivity contribution in [2.75, 3.05) is 25.1 Å². The number of benzene rings is 1. The first kappa shape index (κ1) is 19.2. The van der Waals surface area contributed by atoms with Crippen molar-refractivity contribution in [1.82, 2.24) is 0 Å². The molecule has 2 rings (SSSR count). The van der Waals surface area contributed by atoms with Gasteiger partial charge in [-0.2, -0.15) is 0 Å². The number of aliphatic hydroxyl groups excluding tert-OH is 1. The van der Waals surface area contributed by atoms with Crippen molar-refractivity contribution < 1.29 is 9.84 Å². The standard InChI is InChI=1S/C16H25N3O2.HI/c1-11-3-6-14(7-12(11)2)19-16(17)18-8-15(20)10-21-9-13-4-5-13;/h3,6-7,13,15,20H,4-5,8-10H2,1-2H3,(H3,17,18,19);1H. The molecule has 1 unspecified atom stereocenters. The fourth-order valence-corrected chi connectivity index (χ4v) is 1.92. The van der Waals surface area contributed by atoms with E-state index in [2.05, 4.69) is 24.2 Å². The molecule has 124 valence electrons. The summed E-state index contributed by atoms with van der Waals surface area (Å²) in [6, 6.07) is 6.01. The van der Waals surface area contributed by atoms with Gasteiger partial charge in [-0.15, -0.1) is 24.0 Å². The minimum atomic E-state index is -0.608. The van der Waals surface area contributed by atoms with Gasteiger partial charge in [-0.25, -0.2) is 0 Å². The van der Waals surface area contributed by atoms with Crippen LogP contribution in [0.3, 0.4) is 0 Å². The van der Waals surface area contributed by atoms with Gasteiger partial charge in [-0.3, -0.25) is 4.99 Å². The lowest BCUT2D eigenvalue weighted by Gasteiger charge is -2.11. The maximum Gasteiger partial charge on any atom is 0.193 e. The Balaban J connectivity index is 0.00000242. The highest BCUT2D eigenvalue weighted by atomic mass is 127. The average molecular weight is 419 g/mol. The Morgan fingerprint density at radius 2 is 2.14 bits per heavy atom. The van der Waals surface area contributed by atoms with Crippen LogP contribution >= 0.6 is 24.0 Å². The highest BCUT2D eigenvalue weighted by Crippen LogP contribution is 2.28. The van der Waals surface area contributed by atoms with Crippen LogP contribution < -0.4 is 11.1 Å². The lowest BCUT2D eigenvalue weighted by atomic mass is 10.1. The second-order valence-electron chi connectivity index (χ2n) is 5.78. The fraction of sp³-hybridized carbons (Fsp3) is 0.562. The molecule has 0 spiro atoms. The Morgan fingerprint density at radius 1 is 1.41 bits per heavy atom. The number of nitrogens with zero attached hydrogens (tertiary/aromatic N) is 1. The van der Waals surface area contributed by atoms with Crippen LogP contribution in [0.1, 0.15) is 24.0 Å². The SMILES string of the molecule is Cc1ccc(NC(N)=NCC(O)COCC2CC2)cc1C.I. The molecule has 1 fully saturated rings. The zero-order chi connectivity index (χ0) is 15.2. The maximum atomic E-state index is 9.76. The number of rotatable bonds is 7. The van der Waals surface area contributed by atoms with E-state index in [1.54, 1.807) is 0 Å². The van der Waals surface area contributed by atoms with E-state index in [1.807, 2.05) is 18.2 Å². The summed E-state index contributed by atoms with van der Waals surface area (Å²) in [6.45, 7) is 5.42. The Hall–Kier alpha value is -0.860. The highest BCUT2D eigenvalue weighted by Gasteiger charge is 2.21. The number of ether oxygens (including phenoxy) is 1. The summed E-state index contributed by atoms with van der Waals surface area (Å²) >= 11 is 0. The quantitative estimate of drug-likeness (QED) is 0.360. The molecule has 0 saturated heterocycles. The molecule has 0 aromatic heterocycles. The smallest absolute Gasteiger partial charge is 0.193 e. The number of aliphatic imine (C=N–C) groups is 1. The van der Waals surface area contributed by atoms with Gasteiger partial charge in [0, 0.05) is 12.3 Å². The molecule has 6 heteroatoms. The predicted molar refractivity (Wildman–Crippen MR) is 101 cm³/mol. The summed E-state index contributed by atoms with van der Waals surface area (Å²) in [7, 11) is 0. The molecule has 1 atom stereocenters. The zero-order valence-corrected chi connectivity index (χ0v) is 15.5. The van der Waals surface area contributed by atoms with Crippen molar-refractivity contribution in [3.63, 3.8) is 0 Å². The zero-order valence-electron chi connectivity index (χ0n) is 13.2. The van der Waals surface area contributed by atoms with Crippen molar-refractivity contribution in [3.05, 3.63) is 29.3 Å². The van der Waals surface area contributed by atoms with Gasteiger partial charge in [-0.05, 0) is 55.9 Å². The van der Waals surface area contributed by atoms with Gasteiger partial charge in [-0.1, -0.05) is 6.07 Å². The number of aliphatic hydroxyl groups is 1. The summed E-state index contributed by atoms with van der Waals surface area (Å²) in [5.41, 5.74) is 9.15. The van der Waals surface area contributed by atoms with Crippen LogP contribution in [0.5, 0.6) is 0 Å². The lowest BCUT2D eigenvalue weighted by Crippen LogP contribution is -2.26. The molecular weight excluding hydrogens is 393 g/mol. The van der Waals surface area contributed by atoms with Crippen LogP contribution in [0.2, 0.25) is 0 Å². The molecule has 1 aliphatic carbocycles. The summed E-state index contributed by atoms with van der Waals surface area (Å²) in [5.74, 6) is 1.01. The summed E-state index contributed by atoms with van der Waals surface area (Å²) in [4.78, 5) is 4.14. The van der Waals surface area contributed by atoms with E-state index in [9.17, 15) is 5.11 Å². The van der Waals surface area contributed by atoms with E-state index in [0.717, 1.165) is 12.3 Å². The molecule has 0 radical (unpaired) electrons. The topological polar surface area (TPSA) is 79.9 Å². The number of aryl methyl sites for hydroxylation is 2. The minimum Gasteiger partial charge on any atom is -0.389 e. The molecule has 1 aromatic carbocycles. The molecule has 0 heterocycles. The van der Waals surface area contributed by atoms with E-state index in [1.165, 1.54) is 24.0 Å². The molecule has 5 nitrogen and oxygen atoms in total. The molecule has 1 aliphatic rings. The van der Waals surface area contributed by atoms with Crippen LogP contribution in [-0.4, -0.2) is 36.9 Å². The van der Waals surface area contributed by atoms with Gasteiger partial charge in [0.15, 0.2) is 5.96 Å². The van der Waals surface area contributed by atoms with E-state index < -0.39 is 6.10 Å². The first-order chi connectivity index (χ1) is 10.0. The van der Waals surface area contributed by atoms with Gasteiger partial charge in [0.25, 0.3) is 0 Å². The third kappa shape index (κ3) is 6.93. The Kier molecular flexibility index (Phi) is 8.13. The van der Waals surface area contributed by atoms with Crippen LogP contribution in [0, 0.1) is 19.8 Å². The van der Waals surface area contributed by atoms with Crippen LogP contribution in [-0.2, 0) is 4.74 Å². The maximum absolute atomic E-state index is 9.76. The number of anilines is 1. The van der Waals surface area contributed by atoms with Crippen molar-refractivity contribution in [3.8, 4) is 0 Å². The van der Waals surface area contributed by atoms with Crippen molar-refractivity contribution >= 4 is 35.6 Å². The average Bonchev–Trinajstić information content (AvgIpc) is 3.25. The normalized spacial score (nSPS) is 16.0. The largest absolute Gasteiger partial charge is 0.389 e. The van der Waals surface area contributed by atoms with Crippen molar-refractivity contribution in [2.45, 2.75) is 32.8 Å². The summed E-state index contributed by atoms with van der Waals surface area (Å²) in [6.07, 6.45) is 1.89. The van der Waals surface area contributed by atoms with Crippen molar-refractivity contribution in [2.24, 2.45) is 16.6 Å². The van der Waals surface area contributed by atoms with Gasteiger partial charge in [0.2, 0.25) is 0 Å². The molecule has 0 amide bonds. The highest BCUT2D eigenvalue weighted by molar-refractivity contribution is 14.0. The molecular formula is C16H26IN3O2. The fourth-order valence-electron chi connectivity index (χ4n) is 1.92. The van der Waals surface area contributed by atoms with Crippen LogP contribution in [0.4, 0.5) is 5.69 Å². The van der Waals surface area contributed by atoms with Crippen molar-refractivity contribution in [1.29, 1.82) is 0 Å². The monoisotopic (exact) mass is 419 g/mol. The van der Waals surface area contributed by atoms with Crippen LogP contribution in [0.25, 0.3) is 0 Å². The summed E-state index contributed by atoms with van der Waals surface area (Å²) in [5, 5.41) is 12.8. The predicted octanol–water partition coefficient (Wildman–Crippen LogP) is 2.44. The third-order valence-corrected chi connectivity index (χ3v) is 3.61. The van der Waals surface area contributed by atoms with Gasteiger partial charge in [0.05, 0.1) is 19.3 Å². The Morgan fingerprint density at radius 3 is 2.77 bits per heavy atom. The lowest BCUT2D eigenvalue weighted by molar-refractivity contribution is 0.0369. The van der Waals surface area contributed by atoms with E-state index in [-0.39, 0.29) is 30.5 Å². The number of halogens is 1. The molecule has 1 saturated carbocycles. The van der Waals surface area contributed by atoms with E-state index in [4.69, 9.17) is 10.5 Å². The van der Waals surface area contributed by atoms with Gasteiger partial charge in [0.1, 0.15) is 0 Å². The number of hydrogen-bond donors (Lipinski definition) is 3. The van der Waals surface area contributed by atoms with E-state index >= 15 is 0 Å². The molecule has 4 N–H and O–H groups in total. The number of guanidine groups is 1. The first-order valence-corrected chi connectivity index (χ1v) is 7.44. The Bertz CT molecular complexity index is 504. The first-order valence-electron chi connectivity index (χ1n) is 7.44. The molecule has 22 heavy (non-hydrogen) atoms. The number of nitrogens with two attached hydrogens (primary N) is 1. The number of nitrogens with one attached hydrogen (secondary N) is 1. The molecule has 0 aliphatic heterocycles. The second kappa shape index (κ2) is 9.32. The Labute approximate surface area is 149 Å². The van der Waals surface area contributed by atoms with Gasteiger partial charge >= 0.3 is 0 Å². The van der Waals surface area contributed by atoms with Crippen LogP contribution in [0.15, 0.2) is 23.2 Å². The second-order valence-corrected chi connectivity index (χ2v) is 5.78. The molecule has 0 bridgehead atoms. The van der Waals surface area contributed by atoms with E-state index in [0.29, 0.717) is 18.5 Å². The minimum absolute atomic E-state index is 0.